The fourth-order valence-electron chi connectivity index (χ4n) is 2.71. The maximum atomic E-state index is 12.4. The number of carbonyl (C=O) groups is 2. The number of nitrogens with zero attached hydrogens (tertiary/aromatic N) is 1. The number of likely N-dealkylation sites (tertiary alicyclic amines) is 1. The molecule has 0 radical (unpaired) electrons. The van der Waals surface area contributed by atoms with Crippen LogP contribution in [0.15, 0.2) is 0 Å². The molecule has 1 amide bonds. The van der Waals surface area contributed by atoms with E-state index in [1.165, 1.54) is 12.0 Å². The minimum Gasteiger partial charge on any atom is -0.467 e. The number of esters is 1. The Bertz CT molecular complexity index is 390. The standard InChI is InChI=1S/C16H29NO5/c1-6-11-21-12-9-16(13(18)20-5)8-7-10-17(16)14(19)22-15(2,3)4/h6-12H2,1-5H3. The third-order valence-electron chi connectivity index (χ3n) is 3.68. The maximum absolute atomic E-state index is 12.4. The summed E-state index contributed by atoms with van der Waals surface area (Å²) >= 11 is 0. The number of ether oxygens (including phenoxy) is 3. The molecule has 0 N–H and O–H groups in total. The lowest BCUT2D eigenvalue weighted by molar-refractivity contribution is -0.154. The van der Waals surface area contributed by atoms with Crippen LogP contribution in [0, 0.1) is 0 Å². The van der Waals surface area contributed by atoms with Gasteiger partial charge < -0.3 is 14.2 Å². The summed E-state index contributed by atoms with van der Waals surface area (Å²) < 4.78 is 15.9. The average Bonchev–Trinajstić information content (AvgIpc) is 2.86. The molecule has 0 saturated carbocycles. The van der Waals surface area contributed by atoms with Gasteiger partial charge in [-0.15, -0.1) is 0 Å². The van der Waals surface area contributed by atoms with Gasteiger partial charge in [0.05, 0.1) is 7.11 Å². The van der Waals surface area contributed by atoms with Crippen LogP contribution >= 0.6 is 0 Å². The maximum Gasteiger partial charge on any atom is 0.411 e. The molecule has 1 atom stereocenters. The molecule has 128 valence electrons. The zero-order valence-electron chi connectivity index (χ0n) is 14.4. The quantitative estimate of drug-likeness (QED) is 0.557. The molecule has 0 aromatic heterocycles. The molecule has 0 aliphatic carbocycles. The van der Waals surface area contributed by atoms with Gasteiger partial charge in [-0.25, -0.2) is 9.59 Å². The molecule has 0 aromatic rings. The van der Waals surface area contributed by atoms with Crippen molar-refractivity contribution in [2.75, 3.05) is 26.9 Å². The predicted molar refractivity (Wildman–Crippen MR) is 82.6 cm³/mol. The Kier molecular flexibility index (Phi) is 6.66. The van der Waals surface area contributed by atoms with Crippen molar-refractivity contribution in [3.63, 3.8) is 0 Å². The number of hydrogen-bond acceptors (Lipinski definition) is 5. The van der Waals surface area contributed by atoms with E-state index in [2.05, 4.69) is 0 Å². The summed E-state index contributed by atoms with van der Waals surface area (Å²) in [5.74, 6) is -0.393. The largest absolute Gasteiger partial charge is 0.467 e. The van der Waals surface area contributed by atoms with E-state index in [1.807, 2.05) is 27.7 Å². The van der Waals surface area contributed by atoms with Crippen LogP contribution in [0.1, 0.15) is 53.4 Å². The smallest absolute Gasteiger partial charge is 0.411 e. The summed E-state index contributed by atoms with van der Waals surface area (Å²) in [7, 11) is 1.35. The summed E-state index contributed by atoms with van der Waals surface area (Å²) in [6.45, 7) is 9.02. The normalized spacial score (nSPS) is 21.8. The van der Waals surface area contributed by atoms with E-state index in [-0.39, 0.29) is 0 Å². The monoisotopic (exact) mass is 315 g/mol. The highest BCUT2D eigenvalue weighted by Gasteiger charge is 2.51. The molecular formula is C16H29NO5. The Hall–Kier alpha value is -1.30. The summed E-state index contributed by atoms with van der Waals surface area (Å²) in [5, 5.41) is 0. The molecule has 1 unspecified atom stereocenters. The van der Waals surface area contributed by atoms with E-state index in [0.717, 1.165) is 12.8 Å². The highest BCUT2D eigenvalue weighted by molar-refractivity contribution is 5.86. The van der Waals surface area contributed by atoms with Gasteiger partial charge in [-0.05, 0) is 40.0 Å². The molecule has 1 aliphatic rings. The van der Waals surface area contributed by atoms with Gasteiger partial charge in [0.2, 0.25) is 0 Å². The molecular weight excluding hydrogens is 286 g/mol. The van der Waals surface area contributed by atoms with Crippen molar-refractivity contribution >= 4 is 12.1 Å². The lowest BCUT2D eigenvalue weighted by Gasteiger charge is -2.36. The van der Waals surface area contributed by atoms with Gasteiger partial charge in [0.25, 0.3) is 0 Å². The lowest BCUT2D eigenvalue weighted by Crippen LogP contribution is -2.55. The van der Waals surface area contributed by atoms with Gasteiger partial charge in [0.1, 0.15) is 11.1 Å². The molecule has 1 aliphatic heterocycles. The molecule has 1 heterocycles. The molecule has 22 heavy (non-hydrogen) atoms. The summed E-state index contributed by atoms with van der Waals surface area (Å²) in [4.78, 5) is 26.3. The molecule has 6 nitrogen and oxygen atoms in total. The van der Waals surface area contributed by atoms with Crippen molar-refractivity contribution in [3.8, 4) is 0 Å². The Morgan fingerprint density at radius 3 is 2.45 bits per heavy atom. The second-order valence-corrected chi connectivity index (χ2v) is 6.62. The minimum absolute atomic E-state index is 0.393. The zero-order valence-corrected chi connectivity index (χ0v) is 14.4. The van der Waals surface area contributed by atoms with Crippen LogP contribution in [-0.2, 0) is 19.0 Å². The lowest BCUT2D eigenvalue weighted by atomic mass is 9.92. The molecule has 6 heteroatoms. The Balaban J connectivity index is 2.87. The summed E-state index contributed by atoms with van der Waals surface area (Å²) in [6, 6.07) is 0. The number of rotatable bonds is 6. The summed E-state index contributed by atoms with van der Waals surface area (Å²) in [5.41, 5.74) is -1.56. The van der Waals surface area contributed by atoms with E-state index < -0.39 is 23.2 Å². The van der Waals surface area contributed by atoms with Crippen molar-refractivity contribution in [1.82, 2.24) is 4.90 Å². The highest BCUT2D eigenvalue weighted by atomic mass is 16.6. The Labute approximate surface area is 133 Å². The van der Waals surface area contributed by atoms with Crippen LogP contribution in [0.3, 0.4) is 0 Å². The van der Waals surface area contributed by atoms with Gasteiger partial charge in [0.15, 0.2) is 0 Å². The first-order valence-corrected chi connectivity index (χ1v) is 7.93. The Morgan fingerprint density at radius 1 is 1.23 bits per heavy atom. The van der Waals surface area contributed by atoms with E-state index in [4.69, 9.17) is 14.2 Å². The minimum atomic E-state index is -0.967. The fraction of sp³-hybridized carbons (Fsp3) is 0.875. The van der Waals surface area contributed by atoms with E-state index in [9.17, 15) is 9.59 Å². The number of hydrogen-bond donors (Lipinski definition) is 0. The van der Waals surface area contributed by atoms with E-state index >= 15 is 0 Å². The van der Waals surface area contributed by atoms with Crippen molar-refractivity contribution in [3.05, 3.63) is 0 Å². The van der Waals surface area contributed by atoms with Crippen molar-refractivity contribution in [1.29, 1.82) is 0 Å². The zero-order chi connectivity index (χ0) is 16.8. The second-order valence-electron chi connectivity index (χ2n) is 6.62. The third-order valence-corrected chi connectivity index (χ3v) is 3.68. The van der Waals surface area contributed by atoms with Crippen molar-refractivity contribution in [2.24, 2.45) is 0 Å². The van der Waals surface area contributed by atoms with Crippen LogP contribution in [-0.4, -0.2) is 55.0 Å². The molecule has 1 rings (SSSR count). The first kappa shape index (κ1) is 18.7. The van der Waals surface area contributed by atoms with Gasteiger partial charge in [-0.3, -0.25) is 4.90 Å². The fourth-order valence-corrected chi connectivity index (χ4v) is 2.71. The molecule has 0 aromatic carbocycles. The van der Waals surface area contributed by atoms with Crippen molar-refractivity contribution in [2.45, 2.75) is 64.5 Å². The predicted octanol–water partition coefficient (Wildman–Crippen LogP) is 2.75. The van der Waals surface area contributed by atoms with Gasteiger partial charge in [-0.2, -0.15) is 0 Å². The number of methoxy groups -OCH3 is 1. The van der Waals surface area contributed by atoms with Crippen LogP contribution in [0.25, 0.3) is 0 Å². The number of amides is 1. The first-order valence-electron chi connectivity index (χ1n) is 7.93. The molecule has 0 bridgehead atoms. The first-order chi connectivity index (χ1) is 10.3. The number of carbonyl (C=O) groups excluding carboxylic acids is 2. The van der Waals surface area contributed by atoms with Crippen molar-refractivity contribution < 1.29 is 23.8 Å². The molecule has 1 saturated heterocycles. The summed E-state index contributed by atoms with van der Waals surface area (Å²) in [6.07, 6.45) is 2.21. The average molecular weight is 315 g/mol. The topological polar surface area (TPSA) is 65.1 Å². The second kappa shape index (κ2) is 7.81. The van der Waals surface area contributed by atoms with Gasteiger partial charge in [-0.1, -0.05) is 6.92 Å². The van der Waals surface area contributed by atoms with Crippen LogP contribution in [0.2, 0.25) is 0 Å². The van der Waals surface area contributed by atoms with E-state index in [0.29, 0.717) is 32.6 Å². The molecule has 0 spiro atoms. The van der Waals surface area contributed by atoms with Crippen LogP contribution in [0.5, 0.6) is 0 Å². The van der Waals surface area contributed by atoms with Gasteiger partial charge >= 0.3 is 12.1 Å². The van der Waals surface area contributed by atoms with Gasteiger partial charge in [0, 0.05) is 26.2 Å². The van der Waals surface area contributed by atoms with Crippen LogP contribution < -0.4 is 0 Å². The highest BCUT2D eigenvalue weighted by Crippen LogP contribution is 2.35. The Morgan fingerprint density at radius 2 is 1.91 bits per heavy atom. The third kappa shape index (κ3) is 4.60. The molecule has 1 fully saturated rings. The van der Waals surface area contributed by atoms with Crippen LogP contribution in [0.4, 0.5) is 4.79 Å². The van der Waals surface area contributed by atoms with E-state index in [1.54, 1.807) is 0 Å². The SMILES string of the molecule is CCCOCCC1(C(=O)OC)CCCN1C(=O)OC(C)(C)C.